The summed E-state index contributed by atoms with van der Waals surface area (Å²) in [4.78, 5) is 11.3. The number of hydrogen-bond donors (Lipinski definition) is 3. The Bertz CT molecular complexity index is 162. The summed E-state index contributed by atoms with van der Waals surface area (Å²) in [6.07, 6.45) is 1.87. The molecular weight excluding hydrogens is 180 g/mol. The number of carbonyl (C=O) groups is 1. The van der Waals surface area contributed by atoms with Crippen LogP contribution in [0.2, 0.25) is 0 Å². The standard InChI is InChI=1S/C10H22N2O2/c1-8(7-13)5-4-6-12-10(14)9(2)11-3/h8-9,11,13H,4-7H2,1-3H3,(H,12,14). The molecule has 2 atom stereocenters. The SMILES string of the molecule is CNC(C)C(=O)NCCCC(C)CO. The van der Waals surface area contributed by atoms with Gasteiger partial charge in [-0.15, -0.1) is 0 Å². The van der Waals surface area contributed by atoms with E-state index in [9.17, 15) is 4.79 Å². The summed E-state index contributed by atoms with van der Waals surface area (Å²) >= 11 is 0. The van der Waals surface area contributed by atoms with E-state index in [-0.39, 0.29) is 18.6 Å². The molecule has 0 aromatic rings. The van der Waals surface area contributed by atoms with Gasteiger partial charge in [-0.1, -0.05) is 6.92 Å². The zero-order valence-electron chi connectivity index (χ0n) is 9.34. The Hall–Kier alpha value is -0.610. The quantitative estimate of drug-likeness (QED) is 0.514. The predicted octanol–water partition coefficient (Wildman–Crippen LogP) is 0.119. The second-order valence-electron chi connectivity index (χ2n) is 3.73. The van der Waals surface area contributed by atoms with Crippen molar-refractivity contribution in [3.8, 4) is 0 Å². The van der Waals surface area contributed by atoms with E-state index in [1.54, 1.807) is 7.05 Å². The van der Waals surface area contributed by atoms with Gasteiger partial charge in [-0.05, 0) is 32.7 Å². The molecule has 0 fully saturated rings. The van der Waals surface area contributed by atoms with Gasteiger partial charge in [-0.3, -0.25) is 4.79 Å². The Morgan fingerprint density at radius 3 is 2.57 bits per heavy atom. The first kappa shape index (κ1) is 13.4. The minimum atomic E-state index is -0.134. The van der Waals surface area contributed by atoms with Crippen LogP contribution in [0.15, 0.2) is 0 Å². The first-order chi connectivity index (χ1) is 6.61. The Balaban J connectivity index is 3.40. The molecule has 14 heavy (non-hydrogen) atoms. The molecule has 0 aromatic heterocycles. The van der Waals surface area contributed by atoms with Gasteiger partial charge in [0.2, 0.25) is 5.91 Å². The molecule has 0 heterocycles. The second-order valence-corrected chi connectivity index (χ2v) is 3.73. The minimum Gasteiger partial charge on any atom is -0.396 e. The summed E-state index contributed by atoms with van der Waals surface area (Å²) in [7, 11) is 1.76. The van der Waals surface area contributed by atoms with Gasteiger partial charge in [0, 0.05) is 13.2 Å². The van der Waals surface area contributed by atoms with Gasteiger partial charge in [0.15, 0.2) is 0 Å². The average molecular weight is 202 g/mol. The molecule has 0 bridgehead atoms. The van der Waals surface area contributed by atoms with Crippen molar-refractivity contribution in [3.05, 3.63) is 0 Å². The van der Waals surface area contributed by atoms with Crippen LogP contribution in [-0.2, 0) is 4.79 Å². The van der Waals surface area contributed by atoms with Crippen LogP contribution >= 0.6 is 0 Å². The Morgan fingerprint density at radius 2 is 2.07 bits per heavy atom. The average Bonchev–Trinajstić information content (AvgIpc) is 2.22. The molecule has 0 saturated carbocycles. The summed E-state index contributed by atoms with van der Waals surface area (Å²) in [6.45, 7) is 4.74. The molecule has 0 saturated heterocycles. The first-order valence-corrected chi connectivity index (χ1v) is 5.17. The maximum absolute atomic E-state index is 11.3. The summed E-state index contributed by atoms with van der Waals surface area (Å²) in [6, 6.07) is -0.134. The Kier molecular flexibility index (Phi) is 7.42. The van der Waals surface area contributed by atoms with E-state index in [2.05, 4.69) is 10.6 Å². The summed E-state index contributed by atoms with van der Waals surface area (Å²) in [5.41, 5.74) is 0. The van der Waals surface area contributed by atoms with Crippen LogP contribution in [0.1, 0.15) is 26.7 Å². The first-order valence-electron chi connectivity index (χ1n) is 5.17. The highest BCUT2D eigenvalue weighted by Gasteiger charge is 2.08. The van der Waals surface area contributed by atoms with Crippen molar-refractivity contribution in [1.29, 1.82) is 0 Å². The molecule has 0 radical (unpaired) electrons. The van der Waals surface area contributed by atoms with Crippen LogP contribution in [0.5, 0.6) is 0 Å². The number of carbonyl (C=O) groups excluding carboxylic acids is 1. The zero-order valence-corrected chi connectivity index (χ0v) is 9.34. The Labute approximate surface area is 86.1 Å². The van der Waals surface area contributed by atoms with Crippen LogP contribution in [-0.4, -0.2) is 37.3 Å². The molecule has 84 valence electrons. The monoisotopic (exact) mass is 202 g/mol. The maximum Gasteiger partial charge on any atom is 0.236 e. The topological polar surface area (TPSA) is 61.4 Å². The molecule has 3 N–H and O–H groups in total. The molecule has 2 unspecified atom stereocenters. The van der Waals surface area contributed by atoms with Crippen LogP contribution in [0.25, 0.3) is 0 Å². The van der Waals surface area contributed by atoms with Crippen molar-refractivity contribution < 1.29 is 9.90 Å². The summed E-state index contributed by atoms with van der Waals surface area (Å²) in [5, 5.41) is 14.5. The fourth-order valence-corrected chi connectivity index (χ4v) is 1.04. The highest BCUT2D eigenvalue weighted by Crippen LogP contribution is 2.02. The number of nitrogens with one attached hydrogen (secondary N) is 2. The van der Waals surface area contributed by atoms with E-state index in [0.29, 0.717) is 12.5 Å². The smallest absolute Gasteiger partial charge is 0.236 e. The van der Waals surface area contributed by atoms with Crippen molar-refractivity contribution >= 4 is 5.91 Å². The molecule has 0 rings (SSSR count). The number of likely N-dealkylation sites (N-methyl/N-ethyl adjacent to an activating group) is 1. The van der Waals surface area contributed by atoms with E-state index in [1.807, 2.05) is 13.8 Å². The summed E-state index contributed by atoms with van der Waals surface area (Å²) < 4.78 is 0. The third kappa shape index (κ3) is 5.94. The number of aliphatic hydroxyl groups excluding tert-OH is 1. The van der Waals surface area contributed by atoms with Crippen molar-refractivity contribution in [2.24, 2.45) is 5.92 Å². The zero-order chi connectivity index (χ0) is 11.0. The molecule has 4 nitrogen and oxygen atoms in total. The third-order valence-electron chi connectivity index (χ3n) is 2.31. The van der Waals surface area contributed by atoms with Gasteiger partial charge in [0.25, 0.3) is 0 Å². The second kappa shape index (κ2) is 7.76. The molecule has 0 aliphatic rings. The van der Waals surface area contributed by atoms with E-state index >= 15 is 0 Å². The van der Waals surface area contributed by atoms with Crippen molar-refractivity contribution in [3.63, 3.8) is 0 Å². The van der Waals surface area contributed by atoms with Gasteiger partial charge in [0.05, 0.1) is 6.04 Å². The molecular formula is C10H22N2O2. The lowest BCUT2D eigenvalue weighted by Gasteiger charge is -2.11. The molecule has 0 aromatic carbocycles. The fraction of sp³-hybridized carbons (Fsp3) is 0.900. The molecule has 0 aliphatic carbocycles. The minimum absolute atomic E-state index is 0.0316. The van der Waals surface area contributed by atoms with Crippen LogP contribution in [0.4, 0.5) is 0 Å². The highest BCUT2D eigenvalue weighted by atomic mass is 16.3. The highest BCUT2D eigenvalue weighted by molar-refractivity contribution is 5.81. The third-order valence-corrected chi connectivity index (χ3v) is 2.31. The van der Waals surface area contributed by atoms with Crippen LogP contribution in [0, 0.1) is 5.92 Å². The largest absolute Gasteiger partial charge is 0.396 e. The van der Waals surface area contributed by atoms with Crippen molar-refractivity contribution in [1.82, 2.24) is 10.6 Å². The van der Waals surface area contributed by atoms with Crippen molar-refractivity contribution in [2.75, 3.05) is 20.2 Å². The normalized spacial score (nSPS) is 14.9. The van der Waals surface area contributed by atoms with Crippen LogP contribution in [0.3, 0.4) is 0 Å². The van der Waals surface area contributed by atoms with E-state index in [0.717, 1.165) is 12.8 Å². The van der Waals surface area contributed by atoms with E-state index in [1.165, 1.54) is 0 Å². The molecule has 0 aliphatic heterocycles. The predicted molar refractivity (Wildman–Crippen MR) is 57.0 cm³/mol. The van der Waals surface area contributed by atoms with E-state index < -0.39 is 0 Å². The molecule has 0 spiro atoms. The lowest BCUT2D eigenvalue weighted by molar-refractivity contribution is -0.122. The molecule has 4 heteroatoms. The molecule has 1 amide bonds. The maximum atomic E-state index is 11.3. The van der Waals surface area contributed by atoms with Crippen molar-refractivity contribution in [2.45, 2.75) is 32.7 Å². The van der Waals surface area contributed by atoms with Crippen LogP contribution < -0.4 is 10.6 Å². The van der Waals surface area contributed by atoms with Gasteiger partial charge >= 0.3 is 0 Å². The summed E-state index contributed by atoms with van der Waals surface area (Å²) in [5.74, 6) is 0.359. The van der Waals surface area contributed by atoms with Gasteiger partial charge in [-0.2, -0.15) is 0 Å². The van der Waals surface area contributed by atoms with Gasteiger partial charge in [-0.25, -0.2) is 0 Å². The lowest BCUT2D eigenvalue weighted by atomic mass is 10.1. The number of hydrogen-bond acceptors (Lipinski definition) is 3. The lowest BCUT2D eigenvalue weighted by Crippen LogP contribution is -2.40. The van der Waals surface area contributed by atoms with Gasteiger partial charge in [0.1, 0.15) is 0 Å². The Morgan fingerprint density at radius 1 is 1.43 bits per heavy atom. The fourth-order valence-electron chi connectivity index (χ4n) is 1.04. The van der Waals surface area contributed by atoms with Gasteiger partial charge < -0.3 is 15.7 Å². The van der Waals surface area contributed by atoms with E-state index in [4.69, 9.17) is 5.11 Å². The number of rotatable bonds is 7. The number of aliphatic hydroxyl groups is 1. The number of amides is 1.